The van der Waals surface area contributed by atoms with Crippen LogP contribution in [0.15, 0.2) is 51.4 Å². The highest BCUT2D eigenvalue weighted by molar-refractivity contribution is 9.10. The lowest BCUT2D eigenvalue weighted by atomic mass is 10.1. The van der Waals surface area contributed by atoms with Crippen LogP contribution in [0.3, 0.4) is 0 Å². The maximum atomic E-state index is 12.1. The monoisotopic (exact) mass is 361 g/mol. The summed E-state index contributed by atoms with van der Waals surface area (Å²) in [7, 11) is 0. The molecule has 0 N–H and O–H groups in total. The number of furan rings is 1. The number of anilines is 1. The number of carbonyl (C=O) groups is 1. The number of halogens is 1. The van der Waals surface area contributed by atoms with Gasteiger partial charge in [-0.15, -0.1) is 0 Å². The topological polar surface area (TPSA) is 42.7 Å². The number of nitrogens with zero attached hydrogens (tertiary/aromatic N) is 1. The smallest absolute Gasteiger partial charge is 0.196 e. The Labute approximate surface area is 137 Å². The first kappa shape index (κ1) is 15.1. The summed E-state index contributed by atoms with van der Waals surface area (Å²) >= 11 is 3.35. The highest BCUT2D eigenvalue weighted by atomic mass is 79.9. The van der Waals surface area contributed by atoms with Gasteiger partial charge in [-0.05, 0) is 42.5 Å². The minimum Gasteiger partial charge on any atom is -0.441 e. The van der Waals surface area contributed by atoms with Crippen LogP contribution < -0.4 is 4.90 Å². The van der Waals surface area contributed by atoms with Gasteiger partial charge in [0.2, 0.25) is 0 Å². The Morgan fingerprint density at radius 2 is 1.82 bits per heavy atom. The maximum Gasteiger partial charge on any atom is 0.196 e. The van der Waals surface area contributed by atoms with Gasteiger partial charge in [-0.2, -0.15) is 0 Å². The summed E-state index contributed by atoms with van der Waals surface area (Å²) < 4.78 is 12.0. The fourth-order valence-electron chi connectivity index (χ4n) is 2.25. The zero-order chi connectivity index (χ0) is 15.4. The van der Waals surface area contributed by atoms with Crippen LogP contribution >= 0.6 is 15.9 Å². The molecule has 1 aliphatic heterocycles. The van der Waals surface area contributed by atoms with E-state index in [0.29, 0.717) is 24.5 Å². The van der Waals surface area contributed by atoms with Gasteiger partial charge in [0.25, 0.3) is 0 Å². The number of morpholine rings is 1. The number of hydrogen-bond acceptors (Lipinski definition) is 4. The summed E-state index contributed by atoms with van der Waals surface area (Å²) in [4.78, 5) is 14.2. The Kier molecular flexibility index (Phi) is 4.75. The van der Waals surface area contributed by atoms with E-state index in [1.54, 1.807) is 18.2 Å². The second kappa shape index (κ2) is 6.94. The molecule has 1 saturated heterocycles. The van der Waals surface area contributed by atoms with Crippen LogP contribution in [-0.4, -0.2) is 32.1 Å². The van der Waals surface area contributed by atoms with Gasteiger partial charge in [0.15, 0.2) is 11.7 Å². The van der Waals surface area contributed by atoms with Crippen molar-refractivity contribution < 1.29 is 13.9 Å². The predicted octanol–water partition coefficient (Wildman–Crippen LogP) is 3.77. The summed E-state index contributed by atoms with van der Waals surface area (Å²) in [5.74, 6) is 1.45. The molecule has 2 aromatic rings. The number of ketones is 1. The number of ether oxygens (including phenoxy) is 1. The largest absolute Gasteiger partial charge is 0.441 e. The van der Waals surface area contributed by atoms with Crippen molar-refractivity contribution in [2.24, 2.45) is 0 Å². The second-order valence-electron chi connectivity index (χ2n) is 4.98. The molecule has 1 fully saturated rings. The third-order valence-corrected chi connectivity index (χ3v) is 3.99. The fraction of sp³-hybridized carbons (Fsp3) is 0.235. The van der Waals surface area contributed by atoms with Crippen molar-refractivity contribution in [3.63, 3.8) is 0 Å². The highest BCUT2D eigenvalue weighted by Gasteiger charge is 2.14. The molecule has 0 aliphatic carbocycles. The molecule has 2 heterocycles. The summed E-state index contributed by atoms with van der Waals surface area (Å²) in [6, 6.07) is 11.1. The average Bonchev–Trinajstić information content (AvgIpc) is 3.03. The summed E-state index contributed by atoms with van der Waals surface area (Å²) in [5, 5.41) is 0. The van der Waals surface area contributed by atoms with Gasteiger partial charge < -0.3 is 14.1 Å². The first-order valence-electron chi connectivity index (χ1n) is 7.13. The van der Waals surface area contributed by atoms with Gasteiger partial charge in [-0.25, -0.2) is 0 Å². The van der Waals surface area contributed by atoms with Gasteiger partial charge in [-0.3, -0.25) is 4.79 Å². The van der Waals surface area contributed by atoms with E-state index in [0.717, 1.165) is 23.4 Å². The van der Waals surface area contributed by atoms with Crippen LogP contribution in [0.25, 0.3) is 6.08 Å². The second-order valence-corrected chi connectivity index (χ2v) is 5.90. The van der Waals surface area contributed by atoms with E-state index in [4.69, 9.17) is 9.15 Å². The van der Waals surface area contributed by atoms with E-state index < -0.39 is 0 Å². The molecule has 0 spiro atoms. The van der Waals surface area contributed by atoms with E-state index in [1.165, 1.54) is 6.08 Å². The van der Waals surface area contributed by atoms with Crippen LogP contribution in [0.5, 0.6) is 0 Å². The van der Waals surface area contributed by atoms with Gasteiger partial charge in [-0.1, -0.05) is 15.9 Å². The molecule has 1 aromatic heterocycles. The molecule has 0 atom stereocenters. The lowest BCUT2D eigenvalue weighted by Gasteiger charge is -2.26. The molecule has 0 unspecified atom stereocenters. The summed E-state index contributed by atoms with van der Waals surface area (Å²) in [5.41, 5.74) is 0.652. The van der Waals surface area contributed by atoms with E-state index in [9.17, 15) is 4.79 Å². The van der Waals surface area contributed by atoms with Gasteiger partial charge in [0.1, 0.15) is 5.76 Å². The highest BCUT2D eigenvalue weighted by Crippen LogP contribution is 2.20. The molecule has 0 saturated carbocycles. The number of carbonyl (C=O) groups excluding carboxylic acids is 1. The maximum absolute atomic E-state index is 12.1. The predicted molar refractivity (Wildman–Crippen MR) is 89.2 cm³/mol. The Bertz CT molecular complexity index is 669. The number of allylic oxidation sites excluding steroid dienone is 1. The first-order valence-corrected chi connectivity index (χ1v) is 7.92. The third kappa shape index (κ3) is 3.67. The molecule has 1 aromatic carbocycles. The summed E-state index contributed by atoms with van der Waals surface area (Å²) in [6.45, 7) is 3.09. The summed E-state index contributed by atoms with van der Waals surface area (Å²) in [6.07, 6.45) is 3.24. The van der Waals surface area contributed by atoms with Gasteiger partial charge in [0.05, 0.1) is 13.2 Å². The lowest BCUT2D eigenvalue weighted by molar-refractivity contribution is 0.104. The van der Waals surface area contributed by atoms with Crippen LogP contribution in [-0.2, 0) is 4.74 Å². The van der Waals surface area contributed by atoms with Crippen molar-refractivity contribution in [2.75, 3.05) is 31.2 Å². The minimum atomic E-state index is -0.0446. The zero-order valence-electron chi connectivity index (χ0n) is 12.0. The fourth-order valence-corrected chi connectivity index (χ4v) is 2.52. The Morgan fingerprint density at radius 3 is 2.55 bits per heavy atom. The minimum absolute atomic E-state index is 0.0446. The van der Waals surface area contributed by atoms with Crippen molar-refractivity contribution in [3.05, 3.63) is 58.3 Å². The number of hydrogen-bond donors (Lipinski definition) is 0. The van der Waals surface area contributed by atoms with Gasteiger partial charge in [0, 0.05) is 29.2 Å². The normalized spacial score (nSPS) is 15.4. The van der Waals surface area contributed by atoms with E-state index >= 15 is 0 Å². The van der Waals surface area contributed by atoms with Crippen LogP contribution in [0.2, 0.25) is 0 Å². The lowest BCUT2D eigenvalue weighted by Crippen LogP contribution is -2.35. The molecule has 0 amide bonds. The van der Waals surface area contributed by atoms with Crippen molar-refractivity contribution in [1.29, 1.82) is 0 Å². The van der Waals surface area contributed by atoms with E-state index in [-0.39, 0.29) is 5.78 Å². The molecular weight excluding hydrogens is 346 g/mol. The third-order valence-electron chi connectivity index (χ3n) is 3.46. The molecule has 4 nitrogen and oxygen atoms in total. The van der Waals surface area contributed by atoms with E-state index in [1.807, 2.05) is 24.3 Å². The number of benzene rings is 1. The van der Waals surface area contributed by atoms with Crippen molar-refractivity contribution in [1.82, 2.24) is 0 Å². The van der Waals surface area contributed by atoms with Crippen molar-refractivity contribution >= 4 is 33.7 Å². The zero-order valence-corrected chi connectivity index (χ0v) is 13.6. The number of rotatable bonds is 4. The SMILES string of the molecule is O=C(C=Cc1ccc(N2CCOCC2)o1)c1ccc(Br)cc1. The standard InChI is InChI=1S/C17H16BrNO3/c18-14-3-1-13(2-4-14)16(20)7-5-15-6-8-17(22-15)19-9-11-21-12-10-19/h1-8H,9-12H2. The van der Waals surface area contributed by atoms with Crippen LogP contribution in [0.1, 0.15) is 16.1 Å². The molecule has 0 bridgehead atoms. The van der Waals surface area contributed by atoms with Crippen molar-refractivity contribution in [3.8, 4) is 0 Å². The van der Waals surface area contributed by atoms with E-state index in [2.05, 4.69) is 20.8 Å². The Hall–Kier alpha value is -1.85. The van der Waals surface area contributed by atoms with Crippen molar-refractivity contribution in [2.45, 2.75) is 0 Å². The van der Waals surface area contributed by atoms with Crippen LogP contribution in [0, 0.1) is 0 Å². The Morgan fingerprint density at radius 1 is 1.09 bits per heavy atom. The molecule has 1 aliphatic rings. The molecule has 3 rings (SSSR count). The Balaban J connectivity index is 1.66. The first-order chi connectivity index (χ1) is 10.7. The van der Waals surface area contributed by atoms with Crippen LogP contribution in [0.4, 0.5) is 5.88 Å². The quantitative estimate of drug-likeness (QED) is 0.613. The average molecular weight is 362 g/mol. The molecular formula is C17H16BrNO3. The molecule has 114 valence electrons. The molecule has 22 heavy (non-hydrogen) atoms. The molecule has 0 radical (unpaired) electrons. The molecule has 5 heteroatoms. The van der Waals surface area contributed by atoms with Gasteiger partial charge >= 0.3 is 0 Å².